The number of aromatic nitrogens is 3. The van der Waals surface area contributed by atoms with E-state index in [1.165, 1.54) is 41.0 Å². The smallest absolute Gasteiger partial charge is 0.417 e. The van der Waals surface area contributed by atoms with E-state index in [0.29, 0.717) is 5.65 Å². The van der Waals surface area contributed by atoms with Crippen molar-refractivity contribution in [2.75, 3.05) is 5.32 Å². The minimum Gasteiger partial charge on any atom is -0.432 e. The highest BCUT2D eigenvalue weighted by atomic mass is 19.4. The van der Waals surface area contributed by atoms with Crippen LogP contribution in [0, 0.1) is 0 Å². The van der Waals surface area contributed by atoms with Gasteiger partial charge in [0.15, 0.2) is 11.8 Å². The van der Waals surface area contributed by atoms with Crippen LogP contribution in [-0.4, -0.2) is 38.4 Å². The fraction of sp³-hybridized carbons (Fsp3) is 0.300. The third kappa shape index (κ3) is 4.36. The Bertz CT molecular complexity index is 1170. The lowest BCUT2D eigenvalue weighted by molar-refractivity contribution is -0.160. The van der Waals surface area contributed by atoms with Crippen LogP contribution in [0.15, 0.2) is 42.6 Å². The van der Waals surface area contributed by atoms with E-state index in [-0.39, 0.29) is 23.5 Å². The first-order chi connectivity index (χ1) is 14.5. The average Bonchev–Trinajstić information content (AvgIpc) is 3.18. The second-order valence-corrected chi connectivity index (χ2v) is 7.38. The van der Waals surface area contributed by atoms with Crippen molar-refractivity contribution >= 4 is 23.5 Å². The SMILES string of the molecule is CC1(C)OC(=O)[C@H](CC(=O)Nc2nc3ccc(-c4ccccc4C(F)(F)F)cn3n2)O1. The van der Waals surface area contributed by atoms with E-state index in [1.807, 2.05) is 0 Å². The Hall–Kier alpha value is -3.47. The van der Waals surface area contributed by atoms with Crippen molar-refractivity contribution in [2.45, 2.75) is 38.3 Å². The fourth-order valence-corrected chi connectivity index (χ4v) is 3.27. The Kier molecular flexibility index (Phi) is 4.92. The molecular formula is C20H17F3N4O4. The van der Waals surface area contributed by atoms with Crippen LogP contribution in [0.25, 0.3) is 16.8 Å². The third-order valence-corrected chi connectivity index (χ3v) is 4.53. The summed E-state index contributed by atoms with van der Waals surface area (Å²) in [7, 11) is 0. The molecule has 1 aliphatic rings. The van der Waals surface area contributed by atoms with Gasteiger partial charge in [-0.1, -0.05) is 18.2 Å². The molecule has 1 saturated heterocycles. The second kappa shape index (κ2) is 7.34. The van der Waals surface area contributed by atoms with Gasteiger partial charge in [-0.05, 0) is 23.8 Å². The van der Waals surface area contributed by atoms with Gasteiger partial charge in [-0.2, -0.15) is 18.2 Å². The molecule has 0 saturated carbocycles. The quantitative estimate of drug-likeness (QED) is 0.633. The summed E-state index contributed by atoms with van der Waals surface area (Å²) < 4.78 is 51.6. The summed E-state index contributed by atoms with van der Waals surface area (Å²) in [5.74, 6) is -2.38. The van der Waals surface area contributed by atoms with Crippen molar-refractivity contribution in [3.8, 4) is 11.1 Å². The molecule has 1 N–H and O–H groups in total. The highest BCUT2D eigenvalue weighted by molar-refractivity contribution is 5.93. The summed E-state index contributed by atoms with van der Waals surface area (Å²) in [6.45, 7) is 3.11. The number of nitrogens with one attached hydrogen (secondary N) is 1. The minimum atomic E-state index is -4.51. The standard InChI is InChI=1S/C20H17F3N4O4/c1-19(2)30-14(17(29)31-19)9-16(28)25-18-24-15-8-7-11(10-27(15)26-18)12-5-3-4-6-13(12)20(21,22)23/h3-8,10,14H,9H2,1-2H3,(H,25,26,28)/t14-/m0/s1. The van der Waals surface area contributed by atoms with Gasteiger partial charge in [0, 0.05) is 25.6 Å². The number of carbonyl (C=O) groups is 2. The van der Waals surface area contributed by atoms with E-state index in [9.17, 15) is 22.8 Å². The van der Waals surface area contributed by atoms with E-state index >= 15 is 0 Å². The van der Waals surface area contributed by atoms with E-state index < -0.39 is 35.5 Å². The Morgan fingerprint density at radius 1 is 1.23 bits per heavy atom. The molecule has 3 aromatic rings. The molecule has 0 radical (unpaired) electrons. The molecule has 0 spiro atoms. The number of hydrogen-bond donors (Lipinski definition) is 1. The van der Waals surface area contributed by atoms with Crippen LogP contribution in [0.3, 0.4) is 0 Å². The lowest BCUT2D eigenvalue weighted by Gasteiger charge is -2.14. The van der Waals surface area contributed by atoms with Crippen molar-refractivity contribution in [3.05, 3.63) is 48.2 Å². The molecule has 2 aromatic heterocycles. The van der Waals surface area contributed by atoms with Gasteiger partial charge in [-0.25, -0.2) is 9.31 Å². The second-order valence-electron chi connectivity index (χ2n) is 7.38. The Labute approximate surface area is 174 Å². The van der Waals surface area contributed by atoms with Gasteiger partial charge in [-0.15, -0.1) is 5.10 Å². The minimum absolute atomic E-state index is 0.00232. The van der Waals surface area contributed by atoms with Crippen LogP contribution in [0.1, 0.15) is 25.8 Å². The predicted octanol–water partition coefficient (Wildman–Crippen LogP) is 3.42. The number of fused-ring (bicyclic) bond motifs is 1. The zero-order valence-corrected chi connectivity index (χ0v) is 16.4. The molecule has 0 aliphatic carbocycles. The van der Waals surface area contributed by atoms with Gasteiger partial charge in [0.2, 0.25) is 17.6 Å². The number of benzene rings is 1. The number of esters is 1. The first-order valence-electron chi connectivity index (χ1n) is 9.25. The van der Waals surface area contributed by atoms with E-state index in [1.54, 1.807) is 13.8 Å². The zero-order valence-electron chi connectivity index (χ0n) is 16.4. The van der Waals surface area contributed by atoms with Crippen molar-refractivity contribution < 1.29 is 32.2 Å². The molecule has 31 heavy (non-hydrogen) atoms. The van der Waals surface area contributed by atoms with Gasteiger partial charge in [0.25, 0.3) is 0 Å². The highest BCUT2D eigenvalue weighted by Gasteiger charge is 2.42. The molecular weight excluding hydrogens is 417 g/mol. The maximum Gasteiger partial charge on any atom is 0.417 e. The summed E-state index contributed by atoms with van der Waals surface area (Å²) in [6, 6.07) is 8.18. The molecule has 0 bridgehead atoms. The molecule has 11 heteroatoms. The normalized spacial score (nSPS) is 18.2. The van der Waals surface area contributed by atoms with Gasteiger partial charge in [0.1, 0.15) is 0 Å². The summed E-state index contributed by atoms with van der Waals surface area (Å²) in [6.07, 6.45) is -4.45. The van der Waals surface area contributed by atoms with Crippen LogP contribution in [0.2, 0.25) is 0 Å². The molecule has 1 fully saturated rings. The molecule has 0 unspecified atom stereocenters. The number of carbonyl (C=O) groups excluding carboxylic acids is 2. The molecule has 1 aliphatic heterocycles. The summed E-state index contributed by atoms with van der Waals surface area (Å²) in [5.41, 5.74) is -0.166. The van der Waals surface area contributed by atoms with E-state index in [4.69, 9.17) is 9.47 Å². The third-order valence-electron chi connectivity index (χ3n) is 4.53. The average molecular weight is 434 g/mol. The molecule has 162 valence electrons. The number of amides is 1. The maximum absolute atomic E-state index is 13.3. The summed E-state index contributed by atoms with van der Waals surface area (Å²) in [5, 5.41) is 6.54. The molecule has 3 heterocycles. The van der Waals surface area contributed by atoms with Crippen molar-refractivity contribution in [3.63, 3.8) is 0 Å². The number of nitrogens with zero attached hydrogens (tertiary/aromatic N) is 3. The Morgan fingerprint density at radius 2 is 1.97 bits per heavy atom. The van der Waals surface area contributed by atoms with Gasteiger partial charge < -0.3 is 9.47 Å². The van der Waals surface area contributed by atoms with Crippen molar-refractivity contribution in [2.24, 2.45) is 0 Å². The van der Waals surface area contributed by atoms with Crippen LogP contribution >= 0.6 is 0 Å². The molecule has 1 aromatic carbocycles. The lowest BCUT2D eigenvalue weighted by atomic mass is 10.0. The number of hydrogen-bond acceptors (Lipinski definition) is 6. The van der Waals surface area contributed by atoms with E-state index in [0.717, 1.165) is 6.07 Å². The van der Waals surface area contributed by atoms with Gasteiger partial charge in [-0.3, -0.25) is 10.1 Å². The van der Waals surface area contributed by atoms with Crippen molar-refractivity contribution in [1.82, 2.24) is 14.6 Å². The van der Waals surface area contributed by atoms with Crippen LogP contribution in [0.4, 0.5) is 19.1 Å². The molecule has 8 nitrogen and oxygen atoms in total. The summed E-state index contributed by atoms with van der Waals surface area (Å²) >= 11 is 0. The first-order valence-corrected chi connectivity index (χ1v) is 9.25. The number of ether oxygens (including phenoxy) is 2. The van der Waals surface area contributed by atoms with Gasteiger partial charge >= 0.3 is 12.1 Å². The number of rotatable bonds is 4. The molecule has 4 rings (SSSR count). The van der Waals surface area contributed by atoms with Crippen LogP contribution in [-0.2, 0) is 25.2 Å². The predicted molar refractivity (Wildman–Crippen MR) is 102 cm³/mol. The van der Waals surface area contributed by atoms with Crippen molar-refractivity contribution in [1.29, 1.82) is 0 Å². The summed E-state index contributed by atoms with van der Waals surface area (Å²) in [4.78, 5) is 28.1. The first kappa shape index (κ1) is 20.8. The van der Waals surface area contributed by atoms with E-state index in [2.05, 4.69) is 15.4 Å². The fourth-order valence-electron chi connectivity index (χ4n) is 3.27. The number of halogens is 3. The topological polar surface area (TPSA) is 94.8 Å². The Morgan fingerprint density at radius 3 is 2.65 bits per heavy atom. The number of alkyl halides is 3. The molecule has 1 atom stereocenters. The van der Waals surface area contributed by atoms with Crippen LogP contribution in [0.5, 0.6) is 0 Å². The highest BCUT2D eigenvalue weighted by Crippen LogP contribution is 2.36. The lowest BCUT2D eigenvalue weighted by Crippen LogP contribution is -2.26. The Balaban J connectivity index is 1.54. The monoisotopic (exact) mass is 434 g/mol. The number of cyclic esters (lactones) is 1. The largest absolute Gasteiger partial charge is 0.432 e. The van der Waals surface area contributed by atoms with Gasteiger partial charge in [0.05, 0.1) is 12.0 Å². The molecule has 1 amide bonds. The number of pyridine rings is 1. The zero-order chi connectivity index (χ0) is 22.4. The maximum atomic E-state index is 13.3. The number of anilines is 1. The van der Waals surface area contributed by atoms with Crippen LogP contribution < -0.4 is 5.32 Å².